The lowest BCUT2D eigenvalue weighted by Gasteiger charge is -2.30. The fourth-order valence-electron chi connectivity index (χ4n) is 3.82. The van der Waals surface area contributed by atoms with Crippen molar-refractivity contribution in [1.82, 2.24) is 9.55 Å². The number of carbonyl (C=O) groups excluding carboxylic acids is 1. The number of nitrogens with zero attached hydrogens (tertiary/aromatic N) is 3. The van der Waals surface area contributed by atoms with Gasteiger partial charge in [-0.2, -0.15) is 0 Å². The number of Topliss-reactive ketones (excluding diaryl/α,β-unsaturated/α-hetero) is 1. The number of fused-ring (bicyclic) bond motifs is 1. The van der Waals surface area contributed by atoms with E-state index in [-0.39, 0.29) is 29.8 Å². The van der Waals surface area contributed by atoms with E-state index in [0.29, 0.717) is 30.1 Å². The van der Waals surface area contributed by atoms with Gasteiger partial charge in [0.15, 0.2) is 17.4 Å². The summed E-state index contributed by atoms with van der Waals surface area (Å²) >= 11 is 6.40. The molecule has 0 saturated carbocycles. The number of hydrogen-bond donors (Lipinski definition) is 2. The predicted molar refractivity (Wildman–Crippen MR) is 130 cm³/mol. The number of hydrogen-bond acceptors (Lipinski definition) is 7. The Kier molecular flexibility index (Phi) is 6.85. The van der Waals surface area contributed by atoms with Crippen LogP contribution in [0.1, 0.15) is 26.2 Å². The number of nitrogens with one attached hydrogen (secondary N) is 1. The molecule has 2 aromatic heterocycles. The average molecular weight is 471 g/mol. The molecule has 0 radical (unpaired) electrons. The van der Waals surface area contributed by atoms with Crippen molar-refractivity contribution in [2.75, 3.05) is 29.9 Å². The molecule has 4 rings (SSSR count). The number of aliphatic hydroxyl groups is 1. The third-order valence-corrected chi connectivity index (χ3v) is 6.16. The smallest absolute Gasteiger partial charge is 0.293 e. The number of rotatable bonds is 7. The molecule has 8 nitrogen and oxygen atoms in total. The Bertz CT molecular complexity index is 1240. The van der Waals surface area contributed by atoms with E-state index in [4.69, 9.17) is 16.3 Å². The van der Waals surface area contributed by atoms with Crippen molar-refractivity contribution in [3.8, 4) is 5.75 Å². The molecule has 3 aromatic rings. The zero-order valence-corrected chi connectivity index (χ0v) is 19.4. The second-order valence-electron chi connectivity index (χ2n) is 8.17. The van der Waals surface area contributed by atoms with Gasteiger partial charge in [0.25, 0.3) is 5.56 Å². The van der Waals surface area contributed by atoms with Crippen LogP contribution in [0.2, 0.25) is 5.02 Å². The van der Waals surface area contributed by atoms with Crippen molar-refractivity contribution in [2.45, 2.75) is 32.3 Å². The number of ether oxygens (including phenoxy) is 1. The zero-order valence-electron chi connectivity index (χ0n) is 18.7. The van der Waals surface area contributed by atoms with E-state index in [1.54, 1.807) is 26.1 Å². The number of aryl methyl sites for hydroxylation is 1. The summed E-state index contributed by atoms with van der Waals surface area (Å²) in [6, 6.07) is 10.9. The van der Waals surface area contributed by atoms with Crippen molar-refractivity contribution in [1.29, 1.82) is 0 Å². The van der Waals surface area contributed by atoms with Crippen LogP contribution in [0.5, 0.6) is 5.75 Å². The molecule has 1 saturated heterocycles. The van der Waals surface area contributed by atoms with Crippen LogP contribution < -0.4 is 20.5 Å². The van der Waals surface area contributed by atoms with Crippen molar-refractivity contribution >= 4 is 45.6 Å². The number of aliphatic hydroxyl groups excluding tert-OH is 1. The van der Waals surface area contributed by atoms with Crippen LogP contribution in [0, 0.1) is 0 Å². The molecule has 0 aliphatic carbocycles. The van der Waals surface area contributed by atoms with Gasteiger partial charge in [0.05, 0.1) is 16.6 Å². The molecule has 0 amide bonds. The first-order chi connectivity index (χ1) is 15.9. The number of carbonyl (C=O) groups is 1. The molecule has 2 N–H and O–H groups in total. The lowest BCUT2D eigenvalue weighted by Crippen LogP contribution is -2.36. The number of halogens is 1. The Balaban J connectivity index is 1.61. The van der Waals surface area contributed by atoms with Crippen molar-refractivity contribution in [2.24, 2.45) is 7.05 Å². The molecule has 0 bridgehead atoms. The first-order valence-corrected chi connectivity index (χ1v) is 11.4. The molecule has 33 heavy (non-hydrogen) atoms. The maximum Gasteiger partial charge on any atom is 0.293 e. The third kappa shape index (κ3) is 5.12. The van der Waals surface area contributed by atoms with Crippen LogP contribution in [0.15, 0.2) is 41.2 Å². The van der Waals surface area contributed by atoms with Gasteiger partial charge in [-0.05, 0) is 49.2 Å². The SMILES string of the molecule is CCC(=O)COc1cc2cc(Nc3nc(N4CCC(O)CC4)ccc3Cl)ccc2n(C)c1=O. The highest BCUT2D eigenvalue weighted by molar-refractivity contribution is 6.33. The summed E-state index contributed by atoms with van der Waals surface area (Å²) in [5.41, 5.74) is 1.19. The number of ketones is 1. The van der Waals surface area contributed by atoms with Gasteiger partial charge in [0, 0.05) is 37.6 Å². The van der Waals surface area contributed by atoms with E-state index < -0.39 is 0 Å². The summed E-state index contributed by atoms with van der Waals surface area (Å²) in [5, 5.41) is 14.3. The highest BCUT2D eigenvalue weighted by Crippen LogP contribution is 2.29. The Morgan fingerprint density at radius 1 is 1.24 bits per heavy atom. The normalized spacial score (nSPS) is 14.5. The zero-order chi connectivity index (χ0) is 23.5. The van der Waals surface area contributed by atoms with Gasteiger partial charge >= 0.3 is 0 Å². The molecule has 3 heterocycles. The third-order valence-electron chi connectivity index (χ3n) is 5.86. The van der Waals surface area contributed by atoms with Gasteiger partial charge < -0.3 is 24.6 Å². The van der Waals surface area contributed by atoms with Crippen molar-refractivity contribution < 1.29 is 14.6 Å². The number of pyridine rings is 2. The summed E-state index contributed by atoms with van der Waals surface area (Å²) in [6.45, 7) is 3.10. The topological polar surface area (TPSA) is 96.7 Å². The van der Waals surface area contributed by atoms with E-state index in [9.17, 15) is 14.7 Å². The van der Waals surface area contributed by atoms with E-state index in [1.165, 1.54) is 4.57 Å². The van der Waals surface area contributed by atoms with Crippen LogP contribution in [0.25, 0.3) is 10.9 Å². The van der Waals surface area contributed by atoms with Crippen molar-refractivity contribution in [3.63, 3.8) is 0 Å². The molecule has 1 aromatic carbocycles. The lowest BCUT2D eigenvalue weighted by atomic mass is 10.1. The summed E-state index contributed by atoms with van der Waals surface area (Å²) in [7, 11) is 1.67. The fraction of sp³-hybridized carbons (Fsp3) is 0.375. The minimum absolute atomic E-state index is 0.0728. The molecular formula is C24H27ClN4O4. The van der Waals surface area contributed by atoms with E-state index >= 15 is 0 Å². The predicted octanol–water partition coefficient (Wildman–Crippen LogP) is 3.65. The molecular weight excluding hydrogens is 444 g/mol. The standard InChI is InChI=1S/C24H27ClN4O4/c1-3-17(30)14-33-21-13-15-12-16(4-6-20(15)28(2)24(21)32)26-23-19(25)5-7-22(27-23)29-10-8-18(31)9-11-29/h4-7,12-13,18,31H,3,8-11,14H2,1-2H3,(H,26,27). The lowest BCUT2D eigenvalue weighted by molar-refractivity contribution is -0.120. The first-order valence-electron chi connectivity index (χ1n) is 11.0. The number of piperidine rings is 1. The molecule has 1 aliphatic heterocycles. The maximum atomic E-state index is 12.6. The minimum atomic E-state index is -0.295. The maximum absolute atomic E-state index is 12.6. The van der Waals surface area contributed by atoms with Crippen LogP contribution in [0.4, 0.5) is 17.3 Å². The molecule has 0 spiro atoms. The molecule has 174 valence electrons. The number of aromatic nitrogens is 2. The van der Waals surface area contributed by atoms with Gasteiger partial charge in [-0.1, -0.05) is 18.5 Å². The average Bonchev–Trinajstić information content (AvgIpc) is 2.82. The quantitative estimate of drug-likeness (QED) is 0.544. The van der Waals surface area contributed by atoms with E-state index in [2.05, 4.69) is 15.2 Å². The monoisotopic (exact) mass is 470 g/mol. The summed E-state index contributed by atoms with van der Waals surface area (Å²) < 4.78 is 6.99. The van der Waals surface area contributed by atoms with Crippen molar-refractivity contribution in [3.05, 3.63) is 51.8 Å². The molecule has 1 fully saturated rings. The number of benzene rings is 1. The molecule has 9 heteroatoms. The molecule has 0 atom stereocenters. The van der Waals surface area contributed by atoms with Gasteiger partial charge in [0.2, 0.25) is 0 Å². The second kappa shape index (κ2) is 9.80. The highest BCUT2D eigenvalue weighted by atomic mass is 35.5. The largest absolute Gasteiger partial charge is 0.480 e. The van der Waals surface area contributed by atoms with Gasteiger partial charge in [-0.25, -0.2) is 4.98 Å². The van der Waals surface area contributed by atoms with Crippen LogP contribution in [0.3, 0.4) is 0 Å². The molecule has 0 unspecified atom stereocenters. The summed E-state index contributed by atoms with van der Waals surface area (Å²) in [4.78, 5) is 31.0. The Morgan fingerprint density at radius 2 is 2.00 bits per heavy atom. The van der Waals surface area contributed by atoms with E-state index in [0.717, 1.165) is 35.5 Å². The van der Waals surface area contributed by atoms with Gasteiger partial charge in [-0.15, -0.1) is 0 Å². The van der Waals surface area contributed by atoms with Gasteiger partial charge in [0.1, 0.15) is 12.4 Å². The summed E-state index contributed by atoms with van der Waals surface area (Å²) in [6.07, 6.45) is 1.52. The van der Waals surface area contributed by atoms with E-state index in [1.807, 2.05) is 24.3 Å². The number of anilines is 3. The minimum Gasteiger partial charge on any atom is -0.480 e. The highest BCUT2D eigenvalue weighted by Gasteiger charge is 2.19. The molecule has 1 aliphatic rings. The summed E-state index contributed by atoms with van der Waals surface area (Å²) in [5.74, 6) is 1.38. The van der Waals surface area contributed by atoms with Gasteiger partial charge in [-0.3, -0.25) is 9.59 Å². The Morgan fingerprint density at radius 3 is 2.73 bits per heavy atom. The fourth-order valence-corrected chi connectivity index (χ4v) is 3.97. The first kappa shape index (κ1) is 23.1. The van der Waals surface area contributed by atoms with Crippen LogP contribution in [-0.4, -0.2) is 46.2 Å². The van der Waals surface area contributed by atoms with Crippen LogP contribution >= 0.6 is 11.6 Å². The Labute approximate surface area is 196 Å². The second-order valence-corrected chi connectivity index (χ2v) is 8.58. The Hall–Kier alpha value is -3.10. The van der Waals surface area contributed by atoms with Crippen LogP contribution in [-0.2, 0) is 11.8 Å².